The van der Waals surface area contributed by atoms with Crippen LogP contribution in [0.2, 0.25) is 0 Å². The van der Waals surface area contributed by atoms with Crippen LogP contribution in [0.4, 0.5) is 5.69 Å². The van der Waals surface area contributed by atoms with Crippen LogP contribution >= 0.6 is 27.3 Å². The van der Waals surface area contributed by atoms with Gasteiger partial charge in [-0.2, -0.15) is 0 Å². The summed E-state index contributed by atoms with van der Waals surface area (Å²) in [7, 11) is 0. The third kappa shape index (κ3) is 2.88. The number of anilines is 1. The summed E-state index contributed by atoms with van der Waals surface area (Å²) >= 11 is 4.57. The maximum atomic E-state index is 13.9. The summed E-state index contributed by atoms with van der Waals surface area (Å²) in [5, 5.41) is 2.83. The SMILES string of the molecule is CCOC(=O)[C@@H]1C2c3ccccc3OC1(C)N=c1sc(=C3C(=O)Nc4ccc(Br)cc43)c(=O)n12. The lowest BCUT2D eigenvalue weighted by Crippen LogP contribution is -2.58. The molecule has 0 fully saturated rings. The van der Waals surface area contributed by atoms with Crippen molar-refractivity contribution < 1.29 is 19.1 Å². The third-order valence-electron chi connectivity index (χ3n) is 6.35. The van der Waals surface area contributed by atoms with E-state index < -0.39 is 23.7 Å². The van der Waals surface area contributed by atoms with Crippen LogP contribution in [0.1, 0.15) is 31.0 Å². The van der Waals surface area contributed by atoms with Crippen molar-refractivity contribution in [1.29, 1.82) is 0 Å². The largest absolute Gasteiger partial charge is 0.466 e. The molecular weight excluding hydrogens is 522 g/mol. The molecule has 0 spiro atoms. The molecule has 2 unspecified atom stereocenters. The van der Waals surface area contributed by atoms with Gasteiger partial charge < -0.3 is 14.8 Å². The van der Waals surface area contributed by atoms with Gasteiger partial charge in [0.05, 0.1) is 18.2 Å². The first-order valence-corrected chi connectivity index (χ1v) is 12.3. The van der Waals surface area contributed by atoms with E-state index >= 15 is 0 Å². The van der Waals surface area contributed by atoms with Gasteiger partial charge >= 0.3 is 5.97 Å². The minimum absolute atomic E-state index is 0.195. The second-order valence-corrected chi connectivity index (χ2v) is 10.3. The molecule has 3 aromatic rings. The first-order valence-electron chi connectivity index (χ1n) is 10.7. The summed E-state index contributed by atoms with van der Waals surface area (Å²) in [6, 6.07) is 12.1. The number of thiazole rings is 1. The van der Waals surface area contributed by atoms with Gasteiger partial charge in [-0.15, -0.1) is 0 Å². The fraction of sp³-hybridized carbons (Fsp3) is 0.250. The minimum Gasteiger partial charge on any atom is -0.466 e. The lowest BCUT2D eigenvalue weighted by Gasteiger charge is -2.44. The first kappa shape index (κ1) is 21.3. The van der Waals surface area contributed by atoms with Gasteiger partial charge in [0.15, 0.2) is 4.80 Å². The van der Waals surface area contributed by atoms with Crippen LogP contribution in [0.3, 0.4) is 0 Å². The molecule has 4 heterocycles. The van der Waals surface area contributed by atoms with Gasteiger partial charge in [-0.3, -0.25) is 19.0 Å². The zero-order valence-electron chi connectivity index (χ0n) is 18.1. The predicted molar refractivity (Wildman–Crippen MR) is 128 cm³/mol. The van der Waals surface area contributed by atoms with E-state index in [1.165, 1.54) is 4.57 Å². The number of hydrogen-bond acceptors (Lipinski definition) is 7. The topological polar surface area (TPSA) is 99.0 Å². The number of para-hydroxylation sites is 1. The van der Waals surface area contributed by atoms with Gasteiger partial charge in [0.1, 0.15) is 16.2 Å². The van der Waals surface area contributed by atoms with Crippen LogP contribution in [0, 0.1) is 5.92 Å². The van der Waals surface area contributed by atoms with Crippen molar-refractivity contribution in [2.24, 2.45) is 10.9 Å². The Hall–Kier alpha value is -3.24. The van der Waals surface area contributed by atoms with E-state index in [0.717, 1.165) is 15.8 Å². The Balaban J connectivity index is 1.69. The van der Waals surface area contributed by atoms with Crippen LogP contribution in [0.25, 0.3) is 5.57 Å². The second-order valence-electron chi connectivity index (χ2n) is 8.39. The number of carbonyl (C=O) groups is 2. The molecule has 6 rings (SSSR count). The number of hydrogen-bond donors (Lipinski definition) is 1. The molecule has 34 heavy (non-hydrogen) atoms. The molecule has 2 bridgehead atoms. The van der Waals surface area contributed by atoms with Crippen molar-refractivity contribution >= 4 is 50.4 Å². The maximum Gasteiger partial charge on any atom is 0.317 e. The van der Waals surface area contributed by atoms with Crippen LogP contribution in [0.15, 0.2) is 56.7 Å². The molecule has 172 valence electrons. The van der Waals surface area contributed by atoms with Crippen molar-refractivity contribution in [2.45, 2.75) is 25.6 Å². The molecule has 3 aliphatic rings. The van der Waals surface area contributed by atoms with E-state index in [1.807, 2.05) is 30.3 Å². The normalized spacial score (nSPS) is 25.3. The monoisotopic (exact) mass is 539 g/mol. The van der Waals surface area contributed by atoms with Crippen LogP contribution in [-0.2, 0) is 14.3 Å². The van der Waals surface area contributed by atoms with Gasteiger partial charge in [-0.1, -0.05) is 45.5 Å². The first-order chi connectivity index (χ1) is 16.3. The molecule has 3 atom stereocenters. The molecule has 0 saturated heterocycles. The van der Waals surface area contributed by atoms with E-state index in [2.05, 4.69) is 21.2 Å². The quantitative estimate of drug-likeness (QED) is 0.504. The highest BCUT2D eigenvalue weighted by atomic mass is 79.9. The van der Waals surface area contributed by atoms with Crippen LogP contribution in [-0.4, -0.2) is 28.8 Å². The summed E-state index contributed by atoms with van der Waals surface area (Å²) in [5.41, 5.74) is 0.640. The smallest absolute Gasteiger partial charge is 0.317 e. The van der Waals surface area contributed by atoms with E-state index in [0.29, 0.717) is 32.9 Å². The molecule has 8 nitrogen and oxygen atoms in total. The minimum atomic E-state index is -1.26. The number of nitrogens with zero attached hydrogens (tertiary/aromatic N) is 2. The highest BCUT2D eigenvalue weighted by Gasteiger charge is 2.56. The standard InChI is InChI=1S/C24H18BrN3O5S/c1-3-32-22(31)17-18-12-6-4-5-7-15(12)33-24(17,2)27-23-28(18)21(30)19(34-23)16-13-10-11(25)8-9-14(13)26-20(16)29/h4-10,17-18H,3H2,1-2H3,(H,26,29)/t17-,18?,24?/m0/s1. The average Bonchev–Trinajstić information content (AvgIpc) is 3.27. The number of amides is 1. The summed E-state index contributed by atoms with van der Waals surface area (Å²) in [5.74, 6) is -1.14. The Morgan fingerprint density at radius 3 is 2.88 bits per heavy atom. The van der Waals surface area contributed by atoms with E-state index in [1.54, 1.807) is 26.0 Å². The van der Waals surface area contributed by atoms with E-state index in [-0.39, 0.29) is 22.6 Å². The maximum absolute atomic E-state index is 13.9. The van der Waals surface area contributed by atoms with Gasteiger partial charge in [-0.05, 0) is 38.1 Å². The summed E-state index contributed by atoms with van der Waals surface area (Å²) in [6.07, 6.45) is 0. The number of halogens is 1. The number of carbonyl (C=O) groups excluding carboxylic acids is 2. The van der Waals surface area contributed by atoms with Crippen molar-refractivity contribution in [3.8, 4) is 5.75 Å². The van der Waals surface area contributed by atoms with Gasteiger partial charge in [0.2, 0.25) is 5.72 Å². The van der Waals surface area contributed by atoms with E-state index in [4.69, 9.17) is 14.5 Å². The molecule has 1 amide bonds. The molecule has 1 N–H and O–H groups in total. The molecule has 10 heteroatoms. The van der Waals surface area contributed by atoms with Crippen LogP contribution in [0.5, 0.6) is 5.75 Å². The zero-order valence-corrected chi connectivity index (χ0v) is 20.5. The summed E-state index contributed by atoms with van der Waals surface area (Å²) in [6.45, 7) is 3.66. The Labute approximate surface area is 205 Å². The Morgan fingerprint density at radius 1 is 1.29 bits per heavy atom. The molecule has 0 saturated carbocycles. The van der Waals surface area contributed by atoms with Gasteiger partial charge in [0.25, 0.3) is 11.5 Å². The molecule has 0 radical (unpaired) electrons. The van der Waals surface area contributed by atoms with Gasteiger partial charge in [0, 0.05) is 21.3 Å². The third-order valence-corrected chi connectivity index (χ3v) is 7.90. The highest BCUT2D eigenvalue weighted by molar-refractivity contribution is 9.10. The number of nitrogens with one attached hydrogen (secondary N) is 1. The number of rotatable bonds is 2. The number of aromatic nitrogens is 1. The van der Waals surface area contributed by atoms with Gasteiger partial charge in [-0.25, -0.2) is 4.99 Å². The fourth-order valence-corrected chi connectivity index (χ4v) is 6.51. The Morgan fingerprint density at radius 2 is 2.09 bits per heavy atom. The molecular formula is C24H18BrN3O5S. The second kappa shape index (κ2) is 7.38. The Bertz CT molecular complexity index is 1590. The predicted octanol–water partition coefficient (Wildman–Crippen LogP) is 2.33. The van der Waals surface area contributed by atoms with Crippen molar-refractivity contribution in [3.05, 3.63) is 77.8 Å². The molecule has 1 aromatic heterocycles. The average molecular weight is 540 g/mol. The number of esters is 1. The summed E-state index contributed by atoms with van der Waals surface area (Å²) in [4.78, 5) is 45.1. The number of ether oxygens (including phenoxy) is 2. The molecule has 0 aliphatic carbocycles. The number of fused-ring (bicyclic) bond motifs is 7. The fourth-order valence-electron chi connectivity index (χ4n) is 4.95. The van der Waals surface area contributed by atoms with E-state index in [9.17, 15) is 14.4 Å². The lowest BCUT2D eigenvalue weighted by atomic mass is 9.81. The van der Waals surface area contributed by atoms with Crippen molar-refractivity contribution in [3.63, 3.8) is 0 Å². The van der Waals surface area contributed by atoms with Crippen molar-refractivity contribution in [1.82, 2.24) is 4.57 Å². The number of benzene rings is 2. The summed E-state index contributed by atoms with van der Waals surface area (Å²) < 4.78 is 14.2. The van der Waals surface area contributed by atoms with Crippen molar-refractivity contribution in [2.75, 3.05) is 11.9 Å². The lowest BCUT2D eigenvalue weighted by molar-refractivity contribution is -0.160. The highest BCUT2D eigenvalue weighted by Crippen LogP contribution is 2.47. The van der Waals surface area contributed by atoms with Crippen LogP contribution < -0.4 is 24.9 Å². The Kier molecular flexibility index (Phi) is 4.62. The zero-order chi connectivity index (χ0) is 23.8. The molecule has 3 aliphatic heterocycles. The molecule has 2 aromatic carbocycles.